The first-order valence-electron chi connectivity index (χ1n) is 11.9. The van der Waals surface area contributed by atoms with Crippen molar-refractivity contribution in [2.45, 2.75) is 44.8 Å². The van der Waals surface area contributed by atoms with Crippen LogP contribution in [0.3, 0.4) is 0 Å². The van der Waals surface area contributed by atoms with Gasteiger partial charge in [0.1, 0.15) is 21.6 Å². The summed E-state index contributed by atoms with van der Waals surface area (Å²) in [5, 5.41) is 17.1. The number of primary amides is 1. The molecule has 2 amide bonds. The molecular weight excluding hydrogens is 464 g/mol. The highest BCUT2D eigenvalue weighted by atomic mass is 32.1. The van der Waals surface area contributed by atoms with Crippen LogP contribution in [0.4, 0.5) is 17.2 Å². The number of hydrogen-bond donors (Lipinski definition) is 5. The van der Waals surface area contributed by atoms with E-state index in [1.807, 2.05) is 18.2 Å². The van der Waals surface area contributed by atoms with Crippen LogP contribution in [0, 0.1) is 0 Å². The highest BCUT2D eigenvalue weighted by Crippen LogP contribution is 2.37. The monoisotopic (exact) mass is 496 g/mol. The number of thiophene rings is 1. The minimum atomic E-state index is -1.13. The normalized spacial score (nSPS) is 15.3. The summed E-state index contributed by atoms with van der Waals surface area (Å²) in [6.07, 6.45) is 2.37. The van der Waals surface area contributed by atoms with E-state index in [-0.39, 0.29) is 12.6 Å². The molecule has 1 aliphatic rings. The van der Waals surface area contributed by atoms with E-state index in [9.17, 15) is 14.7 Å². The molecule has 3 heterocycles. The quantitative estimate of drug-likeness (QED) is 0.306. The third-order valence-electron chi connectivity index (χ3n) is 6.27. The number of nitrogen functional groups attached to an aromatic ring is 1. The first-order valence-corrected chi connectivity index (χ1v) is 12.7. The molecule has 0 radical (unpaired) electrons. The van der Waals surface area contributed by atoms with Crippen LogP contribution in [0.25, 0.3) is 10.2 Å². The van der Waals surface area contributed by atoms with E-state index in [1.54, 1.807) is 12.1 Å². The number of fused-ring (bicyclic) bond motifs is 1. The van der Waals surface area contributed by atoms with Gasteiger partial charge < -0.3 is 32.1 Å². The number of piperidine rings is 1. The fourth-order valence-electron chi connectivity index (χ4n) is 4.43. The summed E-state index contributed by atoms with van der Waals surface area (Å²) >= 11 is 1.25. The van der Waals surface area contributed by atoms with Gasteiger partial charge in [0, 0.05) is 36.7 Å². The number of aryl methyl sites for hydroxylation is 1. The predicted molar refractivity (Wildman–Crippen MR) is 141 cm³/mol. The van der Waals surface area contributed by atoms with Crippen LogP contribution >= 0.6 is 11.3 Å². The first kappa shape index (κ1) is 24.9. The lowest BCUT2D eigenvalue weighted by molar-refractivity contribution is -0.123. The second-order valence-electron chi connectivity index (χ2n) is 8.82. The minimum Gasteiger partial charge on any atom is -0.397 e. The molecule has 1 unspecified atom stereocenters. The van der Waals surface area contributed by atoms with Gasteiger partial charge in [0.2, 0.25) is 0 Å². The number of benzene rings is 1. The zero-order chi connectivity index (χ0) is 24.9. The lowest BCUT2D eigenvalue weighted by Crippen LogP contribution is -2.46. The van der Waals surface area contributed by atoms with Crippen molar-refractivity contribution in [3.8, 4) is 0 Å². The van der Waals surface area contributed by atoms with Crippen molar-refractivity contribution in [2.75, 3.05) is 35.6 Å². The Morgan fingerprint density at radius 1 is 1.26 bits per heavy atom. The summed E-state index contributed by atoms with van der Waals surface area (Å²) in [6, 6.07) is 11.4. The number of nitrogens with two attached hydrogens (primary N) is 2. The largest absolute Gasteiger partial charge is 0.397 e. The topological polar surface area (TPSA) is 147 Å². The van der Waals surface area contributed by atoms with E-state index in [0.29, 0.717) is 16.3 Å². The third-order valence-corrected chi connectivity index (χ3v) is 7.39. The van der Waals surface area contributed by atoms with Crippen molar-refractivity contribution in [2.24, 2.45) is 5.73 Å². The van der Waals surface area contributed by atoms with Crippen LogP contribution in [-0.2, 0) is 11.2 Å². The van der Waals surface area contributed by atoms with Gasteiger partial charge in [0.15, 0.2) is 0 Å². The Morgan fingerprint density at radius 2 is 1.97 bits per heavy atom. The molecule has 4 rings (SSSR count). The Kier molecular flexibility index (Phi) is 7.84. The van der Waals surface area contributed by atoms with Crippen molar-refractivity contribution < 1.29 is 14.7 Å². The molecule has 9 nitrogen and oxygen atoms in total. The fraction of sp³-hybridized carbons (Fsp3) is 0.400. The lowest BCUT2D eigenvalue weighted by atomic mass is 10.0. The maximum atomic E-state index is 12.2. The average molecular weight is 497 g/mol. The van der Waals surface area contributed by atoms with E-state index in [2.05, 4.69) is 28.5 Å². The van der Waals surface area contributed by atoms with Gasteiger partial charge >= 0.3 is 0 Å². The molecular formula is C25H32N6O3S. The number of para-hydroxylation sites is 1. The molecule has 35 heavy (non-hydrogen) atoms. The number of aliphatic hydroxyl groups is 1. The first-order chi connectivity index (χ1) is 16.9. The Labute approximate surface area is 208 Å². The van der Waals surface area contributed by atoms with E-state index < -0.39 is 17.9 Å². The van der Waals surface area contributed by atoms with Gasteiger partial charge in [-0.25, -0.2) is 4.98 Å². The molecule has 1 fully saturated rings. The molecule has 2 aromatic heterocycles. The van der Waals surface area contributed by atoms with Crippen LogP contribution in [0.1, 0.15) is 41.4 Å². The molecule has 0 aliphatic carbocycles. The van der Waals surface area contributed by atoms with Gasteiger partial charge in [-0.2, -0.15) is 0 Å². The molecule has 1 saturated heterocycles. The summed E-state index contributed by atoms with van der Waals surface area (Å²) in [7, 11) is 0. The Morgan fingerprint density at radius 3 is 2.63 bits per heavy atom. The molecule has 1 aromatic carbocycles. The summed E-state index contributed by atoms with van der Waals surface area (Å²) < 4.78 is 0. The van der Waals surface area contributed by atoms with Gasteiger partial charge in [-0.1, -0.05) is 31.5 Å². The van der Waals surface area contributed by atoms with Crippen molar-refractivity contribution in [1.82, 2.24) is 10.3 Å². The number of nitrogens with zero attached hydrogens (tertiary/aromatic N) is 2. The Balaban J connectivity index is 1.36. The minimum absolute atomic E-state index is 0.193. The zero-order valence-electron chi connectivity index (χ0n) is 19.8. The number of carbonyl (C=O) groups is 2. The van der Waals surface area contributed by atoms with Crippen LogP contribution in [0.5, 0.6) is 0 Å². The van der Waals surface area contributed by atoms with Gasteiger partial charge in [-0.05, 0) is 43.0 Å². The molecule has 3 aromatic rings. The molecule has 186 valence electrons. The molecule has 0 bridgehead atoms. The average Bonchev–Trinajstić information content (AvgIpc) is 3.20. The van der Waals surface area contributed by atoms with Crippen molar-refractivity contribution in [3.05, 3.63) is 46.8 Å². The van der Waals surface area contributed by atoms with Gasteiger partial charge in [0.25, 0.3) is 11.8 Å². The van der Waals surface area contributed by atoms with E-state index >= 15 is 0 Å². The fourth-order valence-corrected chi connectivity index (χ4v) is 5.42. The van der Waals surface area contributed by atoms with Crippen molar-refractivity contribution >= 4 is 50.6 Å². The SMILES string of the molecule is CCCc1cc(N2CCC(NCC(O)C(=O)Nc3ccccc3)CC2)nc2sc(C(N)=O)c(N)c12. The van der Waals surface area contributed by atoms with Gasteiger partial charge in [-0.15, -0.1) is 11.3 Å². The van der Waals surface area contributed by atoms with E-state index in [4.69, 9.17) is 16.5 Å². The van der Waals surface area contributed by atoms with E-state index in [0.717, 1.165) is 60.4 Å². The Bertz CT molecular complexity index is 1190. The predicted octanol–water partition coefficient (Wildman–Crippen LogP) is 2.49. The van der Waals surface area contributed by atoms with Crippen LogP contribution < -0.4 is 27.0 Å². The summed E-state index contributed by atoms with van der Waals surface area (Å²) in [4.78, 5) is 32.2. The van der Waals surface area contributed by atoms with Gasteiger partial charge in [-0.3, -0.25) is 9.59 Å². The summed E-state index contributed by atoms with van der Waals surface area (Å²) in [5.74, 6) is -0.0763. The van der Waals surface area contributed by atoms with Crippen LogP contribution in [0.2, 0.25) is 0 Å². The number of carbonyl (C=O) groups excluding carboxylic acids is 2. The number of hydrogen-bond acceptors (Lipinski definition) is 8. The zero-order valence-corrected chi connectivity index (χ0v) is 20.6. The second kappa shape index (κ2) is 11.0. The van der Waals surface area contributed by atoms with Crippen LogP contribution in [0.15, 0.2) is 36.4 Å². The molecule has 7 N–H and O–H groups in total. The number of nitrogens with one attached hydrogen (secondary N) is 2. The summed E-state index contributed by atoms with van der Waals surface area (Å²) in [6.45, 7) is 3.88. The maximum Gasteiger partial charge on any atom is 0.260 e. The van der Waals surface area contributed by atoms with Crippen LogP contribution in [-0.4, -0.2) is 53.7 Å². The maximum absolute atomic E-state index is 12.2. The highest BCUT2D eigenvalue weighted by Gasteiger charge is 2.25. The highest BCUT2D eigenvalue weighted by molar-refractivity contribution is 7.21. The second-order valence-corrected chi connectivity index (χ2v) is 9.82. The third kappa shape index (κ3) is 5.72. The smallest absolute Gasteiger partial charge is 0.260 e. The molecule has 0 spiro atoms. The number of rotatable bonds is 9. The van der Waals surface area contributed by atoms with Crippen molar-refractivity contribution in [3.63, 3.8) is 0 Å². The molecule has 10 heteroatoms. The number of anilines is 3. The number of aliphatic hydroxyl groups excluding tert-OH is 1. The van der Waals surface area contributed by atoms with Gasteiger partial charge in [0.05, 0.1) is 5.69 Å². The number of pyridine rings is 1. The summed E-state index contributed by atoms with van der Waals surface area (Å²) in [5.41, 5.74) is 13.9. The number of aromatic nitrogens is 1. The Hall–Kier alpha value is -3.21. The molecule has 1 atom stereocenters. The molecule has 1 aliphatic heterocycles. The standard InChI is InChI=1S/C25H32N6O3S/c1-2-6-15-13-19(30-25-20(15)21(26)22(35-25)23(27)33)31-11-9-16(10-12-31)28-14-18(32)24(34)29-17-7-4-3-5-8-17/h3-5,7-8,13,16,18,28,32H,2,6,9-12,14,26H2,1H3,(H2,27,33)(H,29,34). The van der Waals surface area contributed by atoms with E-state index in [1.165, 1.54) is 11.3 Å². The lowest BCUT2D eigenvalue weighted by Gasteiger charge is -2.34. The van der Waals surface area contributed by atoms with Crippen molar-refractivity contribution in [1.29, 1.82) is 0 Å². The molecule has 0 saturated carbocycles. The number of amides is 2.